The van der Waals surface area contributed by atoms with Gasteiger partial charge in [-0.1, -0.05) is 34.8 Å². The SMILES string of the molecule is NNc1nc(Oc2ccc(Cl)cc2)c(Cl)cc1Cl. The minimum Gasteiger partial charge on any atom is -0.437 e. The first-order valence-electron chi connectivity index (χ1n) is 4.86. The second-order valence-corrected chi connectivity index (χ2v) is 4.56. The zero-order valence-electron chi connectivity index (χ0n) is 8.95. The summed E-state index contributed by atoms with van der Waals surface area (Å²) in [6.45, 7) is 0. The zero-order valence-corrected chi connectivity index (χ0v) is 11.2. The molecule has 3 N–H and O–H groups in total. The van der Waals surface area contributed by atoms with Crippen LogP contribution in [0.3, 0.4) is 0 Å². The maximum atomic E-state index is 5.97. The fraction of sp³-hybridized carbons (Fsp3) is 0. The lowest BCUT2D eigenvalue weighted by molar-refractivity contribution is 0.464. The van der Waals surface area contributed by atoms with Crippen LogP contribution in [0.2, 0.25) is 15.1 Å². The molecule has 0 saturated heterocycles. The Balaban J connectivity index is 2.31. The minimum absolute atomic E-state index is 0.205. The van der Waals surface area contributed by atoms with E-state index in [1.165, 1.54) is 6.07 Å². The van der Waals surface area contributed by atoms with Crippen LogP contribution in [-0.2, 0) is 0 Å². The number of pyridine rings is 1. The Bertz CT molecular complexity index is 560. The Hall–Kier alpha value is -1.20. The van der Waals surface area contributed by atoms with Gasteiger partial charge in [0, 0.05) is 5.02 Å². The van der Waals surface area contributed by atoms with Crippen LogP contribution < -0.4 is 16.0 Å². The van der Waals surface area contributed by atoms with Gasteiger partial charge >= 0.3 is 0 Å². The fourth-order valence-corrected chi connectivity index (χ4v) is 1.81. The van der Waals surface area contributed by atoms with Crippen LogP contribution in [0.1, 0.15) is 0 Å². The number of aromatic nitrogens is 1. The monoisotopic (exact) mass is 303 g/mol. The zero-order chi connectivity index (χ0) is 13.1. The van der Waals surface area contributed by atoms with Crippen LogP contribution in [0, 0.1) is 0 Å². The number of rotatable bonds is 3. The van der Waals surface area contributed by atoms with E-state index in [2.05, 4.69) is 10.4 Å². The summed E-state index contributed by atoms with van der Waals surface area (Å²) in [7, 11) is 0. The maximum Gasteiger partial charge on any atom is 0.240 e. The summed E-state index contributed by atoms with van der Waals surface area (Å²) in [6, 6.07) is 8.29. The molecule has 2 rings (SSSR count). The van der Waals surface area contributed by atoms with E-state index >= 15 is 0 Å². The quantitative estimate of drug-likeness (QED) is 0.661. The number of nitrogens with one attached hydrogen (secondary N) is 1. The molecule has 0 fully saturated rings. The lowest BCUT2D eigenvalue weighted by Gasteiger charge is -2.09. The van der Waals surface area contributed by atoms with Gasteiger partial charge in [-0.15, -0.1) is 0 Å². The molecule has 94 valence electrons. The third-order valence-corrected chi connectivity index (χ3v) is 2.87. The molecule has 0 amide bonds. The highest BCUT2D eigenvalue weighted by Gasteiger charge is 2.10. The third kappa shape index (κ3) is 2.97. The van der Waals surface area contributed by atoms with E-state index < -0.39 is 0 Å². The molecule has 0 spiro atoms. The number of nitrogen functional groups attached to an aromatic ring is 1. The van der Waals surface area contributed by atoms with Crippen LogP contribution in [0.5, 0.6) is 11.6 Å². The van der Waals surface area contributed by atoms with Gasteiger partial charge in [0.2, 0.25) is 5.88 Å². The van der Waals surface area contributed by atoms with Gasteiger partial charge < -0.3 is 10.2 Å². The topological polar surface area (TPSA) is 60.2 Å². The van der Waals surface area contributed by atoms with Crippen LogP contribution in [-0.4, -0.2) is 4.98 Å². The van der Waals surface area contributed by atoms with Gasteiger partial charge in [0.1, 0.15) is 10.8 Å². The summed E-state index contributed by atoms with van der Waals surface area (Å²) in [5.41, 5.74) is 2.35. The van der Waals surface area contributed by atoms with Gasteiger partial charge in [-0.25, -0.2) is 5.84 Å². The van der Waals surface area contributed by atoms with Crippen molar-refractivity contribution in [3.63, 3.8) is 0 Å². The van der Waals surface area contributed by atoms with E-state index in [1.807, 2.05) is 0 Å². The average Bonchev–Trinajstić information content (AvgIpc) is 2.35. The van der Waals surface area contributed by atoms with Crippen molar-refractivity contribution >= 4 is 40.6 Å². The number of hydrogen-bond donors (Lipinski definition) is 2. The Morgan fingerprint density at radius 1 is 1.06 bits per heavy atom. The van der Waals surface area contributed by atoms with Crippen LogP contribution >= 0.6 is 34.8 Å². The summed E-state index contributed by atoms with van der Waals surface area (Å²) in [6.07, 6.45) is 0. The number of nitrogens with two attached hydrogens (primary N) is 1. The van der Waals surface area contributed by atoms with Crippen molar-refractivity contribution in [2.24, 2.45) is 5.84 Å². The summed E-state index contributed by atoms with van der Waals surface area (Å²) in [4.78, 5) is 4.05. The second-order valence-electron chi connectivity index (χ2n) is 3.31. The van der Waals surface area contributed by atoms with Crippen molar-refractivity contribution in [2.45, 2.75) is 0 Å². The lowest BCUT2D eigenvalue weighted by Crippen LogP contribution is -2.09. The number of hydrogen-bond acceptors (Lipinski definition) is 4. The molecule has 0 atom stereocenters. The molecule has 0 unspecified atom stereocenters. The smallest absolute Gasteiger partial charge is 0.240 e. The van der Waals surface area contributed by atoms with Crippen molar-refractivity contribution in [3.8, 4) is 11.6 Å². The molecule has 18 heavy (non-hydrogen) atoms. The van der Waals surface area contributed by atoms with Crippen LogP contribution in [0.25, 0.3) is 0 Å². The van der Waals surface area contributed by atoms with Gasteiger partial charge in [-0.3, -0.25) is 0 Å². The highest BCUT2D eigenvalue weighted by molar-refractivity contribution is 6.36. The predicted octanol–water partition coefficient (Wildman–Crippen LogP) is 4.12. The summed E-state index contributed by atoms with van der Waals surface area (Å²) in [5, 5.41) is 1.21. The van der Waals surface area contributed by atoms with Gasteiger partial charge in [0.05, 0.1) is 5.02 Å². The Kier molecular flexibility index (Phi) is 4.14. The van der Waals surface area contributed by atoms with E-state index in [9.17, 15) is 0 Å². The fourth-order valence-electron chi connectivity index (χ4n) is 1.24. The van der Waals surface area contributed by atoms with Gasteiger partial charge in [0.25, 0.3) is 0 Å². The molecule has 2 aromatic rings. The Morgan fingerprint density at radius 3 is 2.33 bits per heavy atom. The van der Waals surface area contributed by atoms with E-state index in [4.69, 9.17) is 45.4 Å². The van der Waals surface area contributed by atoms with Crippen molar-refractivity contribution in [1.82, 2.24) is 4.98 Å². The normalized spacial score (nSPS) is 10.2. The highest BCUT2D eigenvalue weighted by atomic mass is 35.5. The van der Waals surface area contributed by atoms with Crippen LogP contribution in [0.15, 0.2) is 30.3 Å². The molecule has 0 aliphatic heterocycles. The van der Waals surface area contributed by atoms with Crippen molar-refractivity contribution in [2.75, 3.05) is 5.43 Å². The van der Waals surface area contributed by atoms with E-state index in [0.717, 1.165) is 0 Å². The average molecular weight is 305 g/mol. The first-order valence-corrected chi connectivity index (χ1v) is 5.99. The Morgan fingerprint density at radius 2 is 1.72 bits per heavy atom. The largest absolute Gasteiger partial charge is 0.437 e. The molecule has 0 radical (unpaired) electrons. The molecular weight excluding hydrogens is 296 g/mol. The van der Waals surface area contributed by atoms with E-state index in [-0.39, 0.29) is 16.7 Å². The second kappa shape index (κ2) is 5.63. The number of benzene rings is 1. The minimum atomic E-state index is 0.205. The molecule has 7 heteroatoms. The highest BCUT2D eigenvalue weighted by Crippen LogP contribution is 2.33. The standard InChI is InChI=1S/C11H8Cl3N3O/c12-6-1-3-7(4-2-6)18-11-9(14)5-8(13)10(16-11)17-15/h1-5H,15H2,(H,16,17). The molecule has 1 heterocycles. The molecule has 0 aliphatic carbocycles. The number of hydrazine groups is 1. The van der Waals surface area contributed by atoms with E-state index in [0.29, 0.717) is 15.8 Å². The number of ether oxygens (including phenoxy) is 1. The van der Waals surface area contributed by atoms with E-state index in [1.54, 1.807) is 24.3 Å². The third-order valence-electron chi connectivity index (χ3n) is 2.06. The molecule has 0 aliphatic rings. The molecule has 4 nitrogen and oxygen atoms in total. The number of anilines is 1. The molecule has 0 bridgehead atoms. The molecule has 1 aromatic heterocycles. The van der Waals surface area contributed by atoms with Crippen molar-refractivity contribution in [1.29, 1.82) is 0 Å². The molecule has 0 saturated carbocycles. The summed E-state index contributed by atoms with van der Waals surface area (Å²) < 4.78 is 5.51. The summed E-state index contributed by atoms with van der Waals surface area (Å²) >= 11 is 17.6. The maximum absolute atomic E-state index is 5.97. The Labute approximate surface area is 119 Å². The van der Waals surface area contributed by atoms with Crippen molar-refractivity contribution < 1.29 is 4.74 Å². The number of nitrogens with zero attached hydrogens (tertiary/aromatic N) is 1. The van der Waals surface area contributed by atoms with Gasteiger partial charge in [-0.2, -0.15) is 4.98 Å². The van der Waals surface area contributed by atoms with Gasteiger partial charge in [0.15, 0.2) is 5.82 Å². The molecular formula is C11H8Cl3N3O. The first-order chi connectivity index (χ1) is 8.60. The predicted molar refractivity (Wildman–Crippen MR) is 73.6 cm³/mol. The molecule has 1 aromatic carbocycles. The summed E-state index contributed by atoms with van der Waals surface area (Å²) in [5.74, 6) is 6.31. The van der Waals surface area contributed by atoms with Crippen LogP contribution in [0.4, 0.5) is 5.82 Å². The lowest BCUT2D eigenvalue weighted by atomic mass is 10.3. The van der Waals surface area contributed by atoms with Crippen molar-refractivity contribution in [3.05, 3.63) is 45.4 Å². The number of halogens is 3. The first kappa shape index (κ1) is 13.2. The van der Waals surface area contributed by atoms with Gasteiger partial charge in [-0.05, 0) is 30.3 Å².